The Morgan fingerprint density at radius 2 is 1.59 bits per heavy atom. The third-order valence-corrected chi connectivity index (χ3v) is 7.92. The second-order valence-corrected chi connectivity index (χ2v) is 10.3. The molecule has 190 valence electrons. The summed E-state index contributed by atoms with van der Waals surface area (Å²) < 4.78 is 13.2. The minimum absolute atomic E-state index is 0.0239. The van der Waals surface area contributed by atoms with Gasteiger partial charge in [-0.3, -0.25) is 0 Å². The number of nitrogens with two attached hydrogens (primary N) is 1. The molecule has 1 aliphatic heterocycles. The first-order valence-corrected chi connectivity index (χ1v) is 13.6. The van der Waals surface area contributed by atoms with Gasteiger partial charge in [-0.15, -0.1) is 11.8 Å². The molecule has 0 amide bonds. The molecule has 37 heavy (non-hydrogen) atoms. The van der Waals surface area contributed by atoms with E-state index in [1.165, 1.54) is 0 Å². The number of aromatic nitrogens is 1. The highest BCUT2D eigenvalue weighted by Crippen LogP contribution is 2.43. The number of pyridine rings is 1. The third-order valence-electron chi connectivity index (χ3n) is 6.89. The van der Waals surface area contributed by atoms with Gasteiger partial charge in [-0.05, 0) is 39.9 Å². The summed E-state index contributed by atoms with van der Waals surface area (Å²) in [5.74, 6) is 0.897. The predicted octanol–water partition coefficient (Wildman–Crippen LogP) is 6.28. The second kappa shape index (κ2) is 12.0. The Balaban J connectivity index is 1.40. The van der Waals surface area contributed by atoms with Crippen LogP contribution in [0.5, 0.6) is 0 Å². The van der Waals surface area contributed by atoms with Crippen molar-refractivity contribution in [2.24, 2.45) is 11.7 Å². The number of aliphatic hydroxyl groups excluding tert-OH is 1. The van der Waals surface area contributed by atoms with Crippen LogP contribution in [0, 0.1) is 5.92 Å². The Kier molecular flexibility index (Phi) is 8.34. The van der Waals surface area contributed by atoms with Crippen LogP contribution in [0.3, 0.4) is 0 Å². The van der Waals surface area contributed by atoms with E-state index in [1.807, 2.05) is 60.8 Å². The van der Waals surface area contributed by atoms with Crippen LogP contribution in [-0.4, -0.2) is 21.9 Å². The van der Waals surface area contributed by atoms with Crippen LogP contribution in [0.15, 0.2) is 102 Å². The zero-order chi connectivity index (χ0) is 25.6. The standard InChI is InChI=1S/C31H32N2O3S/c1-21-28(20-37-29-8-4-5-17-33-29)35-31(36-30(21)24-11-9-22(19-34)10-12-24)25-15-13-23(14-16-25)27-7-3-2-6-26(27)18-32/h2-17,21,28,30-31,34H,18-20,32H2,1H3/t21-,28+,30+,31+/m0/s1. The molecule has 4 atom stereocenters. The average molecular weight is 513 g/mol. The Bertz CT molecular complexity index is 1280. The summed E-state index contributed by atoms with van der Waals surface area (Å²) in [5.41, 5.74) is 12.3. The van der Waals surface area contributed by atoms with Gasteiger partial charge in [-0.2, -0.15) is 0 Å². The Morgan fingerprint density at radius 3 is 2.30 bits per heavy atom. The lowest BCUT2D eigenvalue weighted by Gasteiger charge is -2.41. The highest BCUT2D eigenvalue weighted by atomic mass is 32.2. The molecule has 1 saturated heterocycles. The lowest BCUT2D eigenvalue weighted by atomic mass is 9.91. The zero-order valence-corrected chi connectivity index (χ0v) is 21.7. The molecular weight excluding hydrogens is 480 g/mol. The van der Waals surface area contributed by atoms with Gasteiger partial charge in [0, 0.05) is 30.0 Å². The van der Waals surface area contributed by atoms with Crippen molar-refractivity contribution in [1.82, 2.24) is 4.98 Å². The molecule has 1 fully saturated rings. The highest BCUT2D eigenvalue weighted by molar-refractivity contribution is 7.99. The van der Waals surface area contributed by atoms with E-state index in [0.717, 1.165) is 44.2 Å². The monoisotopic (exact) mass is 512 g/mol. The van der Waals surface area contributed by atoms with Crippen molar-refractivity contribution in [1.29, 1.82) is 0 Å². The molecule has 0 spiro atoms. The summed E-state index contributed by atoms with van der Waals surface area (Å²) in [6, 6.07) is 30.6. The third kappa shape index (κ3) is 5.95. The number of nitrogens with zero attached hydrogens (tertiary/aromatic N) is 1. The van der Waals surface area contributed by atoms with Gasteiger partial charge in [0.2, 0.25) is 0 Å². The lowest BCUT2D eigenvalue weighted by Crippen LogP contribution is -2.38. The lowest BCUT2D eigenvalue weighted by molar-refractivity contribution is -0.268. The maximum absolute atomic E-state index is 9.47. The van der Waals surface area contributed by atoms with E-state index in [1.54, 1.807) is 11.8 Å². The van der Waals surface area contributed by atoms with Crippen molar-refractivity contribution in [3.05, 3.63) is 119 Å². The summed E-state index contributed by atoms with van der Waals surface area (Å²) in [5, 5.41) is 10.5. The quantitative estimate of drug-likeness (QED) is 0.271. The summed E-state index contributed by atoms with van der Waals surface area (Å²) in [4.78, 5) is 4.46. The first kappa shape index (κ1) is 25.6. The average Bonchev–Trinajstić information content (AvgIpc) is 2.97. The van der Waals surface area contributed by atoms with Gasteiger partial charge in [0.1, 0.15) is 0 Å². The maximum atomic E-state index is 9.47. The van der Waals surface area contributed by atoms with Crippen molar-refractivity contribution in [3.8, 4) is 11.1 Å². The van der Waals surface area contributed by atoms with Crippen LogP contribution in [0.25, 0.3) is 11.1 Å². The molecule has 6 heteroatoms. The summed E-state index contributed by atoms with van der Waals surface area (Å²) >= 11 is 1.70. The summed E-state index contributed by atoms with van der Waals surface area (Å²) in [7, 11) is 0. The predicted molar refractivity (Wildman–Crippen MR) is 148 cm³/mol. The number of ether oxygens (including phenoxy) is 2. The molecule has 5 nitrogen and oxygen atoms in total. The van der Waals surface area contributed by atoms with E-state index in [4.69, 9.17) is 15.2 Å². The van der Waals surface area contributed by atoms with Crippen molar-refractivity contribution in [2.75, 3.05) is 5.75 Å². The van der Waals surface area contributed by atoms with Gasteiger partial charge in [-0.1, -0.05) is 85.8 Å². The van der Waals surface area contributed by atoms with E-state index in [0.29, 0.717) is 6.54 Å². The Labute approximate surface area is 222 Å². The van der Waals surface area contributed by atoms with Crippen molar-refractivity contribution >= 4 is 11.8 Å². The molecule has 5 rings (SSSR count). The Hall–Kier alpha value is -3.00. The number of thioether (sulfide) groups is 1. The van der Waals surface area contributed by atoms with E-state index in [2.05, 4.69) is 48.3 Å². The van der Waals surface area contributed by atoms with Crippen molar-refractivity contribution in [3.63, 3.8) is 0 Å². The minimum Gasteiger partial charge on any atom is -0.392 e. The smallest absolute Gasteiger partial charge is 0.184 e. The largest absolute Gasteiger partial charge is 0.392 e. The summed E-state index contributed by atoms with van der Waals surface area (Å²) in [6.07, 6.45) is 1.14. The molecule has 3 N–H and O–H groups in total. The second-order valence-electron chi connectivity index (χ2n) is 9.28. The van der Waals surface area contributed by atoms with E-state index in [9.17, 15) is 5.11 Å². The number of rotatable bonds is 8. The zero-order valence-electron chi connectivity index (χ0n) is 20.9. The fourth-order valence-corrected chi connectivity index (χ4v) is 5.74. The van der Waals surface area contributed by atoms with Crippen molar-refractivity contribution in [2.45, 2.75) is 43.6 Å². The van der Waals surface area contributed by atoms with Crippen LogP contribution in [0.2, 0.25) is 0 Å². The minimum atomic E-state index is -0.494. The fraction of sp³-hybridized carbons (Fsp3) is 0.258. The van der Waals surface area contributed by atoms with E-state index >= 15 is 0 Å². The van der Waals surface area contributed by atoms with E-state index < -0.39 is 6.29 Å². The first-order chi connectivity index (χ1) is 18.2. The molecule has 2 heterocycles. The number of hydrogen-bond donors (Lipinski definition) is 2. The Morgan fingerprint density at radius 1 is 0.865 bits per heavy atom. The van der Waals surface area contributed by atoms with Gasteiger partial charge in [-0.25, -0.2) is 4.98 Å². The van der Waals surface area contributed by atoms with Crippen molar-refractivity contribution < 1.29 is 14.6 Å². The molecule has 1 aromatic heterocycles. The SMILES string of the molecule is C[C@H]1[C@@H](CSc2ccccn2)O[C@@H](c2ccc(-c3ccccc3CN)cc2)O[C@H]1c1ccc(CO)cc1. The molecule has 1 aliphatic rings. The van der Waals surface area contributed by atoms with Crippen LogP contribution < -0.4 is 5.73 Å². The number of benzene rings is 3. The molecule has 3 aromatic carbocycles. The molecule has 0 bridgehead atoms. The molecule has 0 aliphatic carbocycles. The van der Waals surface area contributed by atoms with Crippen LogP contribution in [0.1, 0.15) is 41.6 Å². The van der Waals surface area contributed by atoms with Crippen LogP contribution in [0.4, 0.5) is 0 Å². The highest BCUT2D eigenvalue weighted by Gasteiger charge is 2.38. The summed E-state index contributed by atoms with van der Waals surface area (Å²) in [6.45, 7) is 2.70. The van der Waals surface area contributed by atoms with Crippen LogP contribution >= 0.6 is 11.8 Å². The molecule has 4 aromatic rings. The normalized spacial score (nSPS) is 21.6. The maximum Gasteiger partial charge on any atom is 0.184 e. The van der Waals surface area contributed by atoms with Gasteiger partial charge >= 0.3 is 0 Å². The molecular formula is C31H32N2O3S. The van der Waals surface area contributed by atoms with Gasteiger partial charge < -0.3 is 20.3 Å². The van der Waals surface area contributed by atoms with Gasteiger partial charge in [0.15, 0.2) is 6.29 Å². The van der Waals surface area contributed by atoms with Gasteiger partial charge in [0.25, 0.3) is 0 Å². The molecule has 0 radical (unpaired) electrons. The fourth-order valence-electron chi connectivity index (χ4n) is 4.71. The topological polar surface area (TPSA) is 77.6 Å². The van der Waals surface area contributed by atoms with Gasteiger partial charge in [0.05, 0.1) is 23.8 Å². The first-order valence-electron chi connectivity index (χ1n) is 12.6. The molecule has 0 saturated carbocycles. The number of aliphatic hydroxyl groups is 1. The van der Waals surface area contributed by atoms with E-state index in [-0.39, 0.29) is 24.7 Å². The number of hydrogen-bond acceptors (Lipinski definition) is 6. The van der Waals surface area contributed by atoms with Crippen LogP contribution in [-0.2, 0) is 22.6 Å². The molecule has 0 unspecified atom stereocenters.